The lowest BCUT2D eigenvalue weighted by Crippen LogP contribution is -2.34. The first-order chi connectivity index (χ1) is 8.13. The number of halogens is 2. The van der Waals surface area contributed by atoms with Crippen molar-refractivity contribution < 1.29 is 4.79 Å². The number of carbonyl (C=O) groups is 1. The number of hydrogen-bond acceptors (Lipinski definition) is 1. The lowest BCUT2D eigenvalue weighted by Gasteiger charge is -2.21. The van der Waals surface area contributed by atoms with Crippen molar-refractivity contribution >= 4 is 33.4 Å². The van der Waals surface area contributed by atoms with E-state index in [1.165, 1.54) is 0 Å². The summed E-state index contributed by atoms with van der Waals surface area (Å²) in [5, 5.41) is 0. The van der Waals surface area contributed by atoms with E-state index in [4.69, 9.17) is 11.6 Å². The van der Waals surface area contributed by atoms with E-state index in [9.17, 15) is 4.79 Å². The highest BCUT2D eigenvalue weighted by atomic mass is 79.9. The standard InChI is InChI=1S/C13H15BrClNO/c1-9-2-3-10(8-12(9)14)13(17)16(7-6-15)11-4-5-11/h2-3,8,11H,4-7H2,1H3. The van der Waals surface area contributed by atoms with E-state index in [1.54, 1.807) is 0 Å². The molecule has 4 heteroatoms. The second kappa shape index (κ2) is 5.40. The third-order valence-corrected chi connectivity index (χ3v) is 4.02. The van der Waals surface area contributed by atoms with Crippen LogP contribution in [-0.2, 0) is 0 Å². The van der Waals surface area contributed by atoms with Crippen molar-refractivity contribution in [3.8, 4) is 0 Å². The fourth-order valence-electron chi connectivity index (χ4n) is 1.82. The predicted molar refractivity (Wildman–Crippen MR) is 73.7 cm³/mol. The van der Waals surface area contributed by atoms with Crippen LogP contribution in [-0.4, -0.2) is 29.3 Å². The van der Waals surface area contributed by atoms with Gasteiger partial charge in [0.25, 0.3) is 5.91 Å². The van der Waals surface area contributed by atoms with E-state index >= 15 is 0 Å². The summed E-state index contributed by atoms with van der Waals surface area (Å²) in [5.41, 5.74) is 1.87. The zero-order chi connectivity index (χ0) is 12.4. The van der Waals surface area contributed by atoms with E-state index in [-0.39, 0.29) is 5.91 Å². The highest BCUT2D eigenvalue weighted by molar-refractivity contribution is 9.10. The number of benzene rings is 1. The predicted octanol–water partition coefficient (Wildman–Crippen LogP) is 3.60. The Morgan fingerprint density at radius 3 is 2.76 bits per heavy atom. The summed E-state index contributed by atoms with van der Waals surface area (Å²) in [6, 6.07) is 6.14. The Bertz CT molecular complexity index is 431. The van der Waals surface area contributed by atoms with E-state index in [0.29, 0.717) is 18.5 Å². The second-order valence-corrected chi connectivity index (χ2v) is 5.61. The third kappa shape index (κ3) is 3.02. The molecule has 17 heavy (non-hydrogen) atoms. The molecule has 0 aliphatic heterocycles. The zero-order valence-corrected chi connectivity index (χ0v) is 12.1. The topological polar surface area (TPSA) is 20.3 Å². The Labute approximate surface area is 115 Å². The van der Waals surface area contributed by atoms with Crippen LogP contribution in [0.25, 0.3) is 0 Å². The van der Waals surface area contributed by atoms with Crippen molar-refractivity contribution in [3.63, 3.8) is 0 Å². The molecular weight excluding hydrogens is 302 g/mol. The molecule has 0 atom stereocenters. The van der Waals surface area contributed by atoms with Gasteiger partial charge in [-0.15, -0.1) is 11.6 Å². The molecule has 2 nitrogen and oxygen atoms in total. The SMILES string of the molecule is Cc1ccc(C(=O)N(CCCl)C2CC2)cc1Br. The Balaban J connectivity index is 2.19. The summed E-state index contributed by atoms with van der Waals surface area (Å²) in [6.07, 6.45) is 2.21. The van der Waals surface area contributed by atoms with E-state index in [2.05, 4.69) is 15.9 Å². The molecule has 1 aromatic carbocycles. The van der Waals surface area contributed by atoms with Gasteiger partial charge in [-0.3, -0.25) is 4.79 Å². The maximum atomic E-state index is 12.3. The summed E-state index contributed by atoms with van der Waals surface area (Å²) in [4.78, 5) is 14.2. The van der Waals surface area contributed by atoms with Crippen molar-refractivity contribution in [2.24, 2.45) is 0 Å². The van der Waals surface area contributed by atoms with Gasteiger partial charge in [0.15, 0.2) is 0 Å². The first kappa shape index (κ1) is 12.9. The monoisotopic (exact) mass is 315 g/mol. The number of nitrogens with zero attached hydrogens (tertiary/aromatic N) is 1. The number of amides is 1. The van der Waals surface area contributed by atoms with E-state index in [0.717, 1.165) is 28.4 Å². The van der Waals surface area contributed by atoms with Crippen LogP contribution in [0.3, 0.4) is 0 Å². The lowest BCUT2D eigenvalue weighted by molar-refractivity contribution is 0.0753. The van der Waals surface area contributed by atoms with Gasteiger partial charge >= 0.3 is 0 Å². The van der Waals surface area contributed by atoms with Gasteiger partial charge in [-0.25, -0.2) is 0 Å². The van der Waals surface area contributed by atoms with Crippen LogP contribution < -0.4 is 0 Å². The maximum absolute atomic E-state index is 12.3. The van der Waals surface area contributed by atoms with Crippen LogP contribution in [0.15, 0.2) is 22.7 Å². The smallest absolute Gasteiger partial charge is 0.254 e. The highest BCUT2D eigenvalue weighted by Crippen LogP contribution is 2.29. The molecule has 0 N–H and O–H groups in total. The second-order valence-electron chi connectivity index (χ2n) is 4.38. The van der Waals surface area contributed by atoms with Crippen molar-refractivity contribution in [2.45, 2.75) is 25.8 Å². The van der Waals surface area contributed by atoms with Gasteiger partial charge in [0, 0.05) is 28.5 Å². The van der Waals surface area contributed by atoms with Gasteiger partial charge in [0.05, 0.1) is 0 Å². The molecule has 0 spiro atoms. The van der Waals surface area contributed by atoms with Gasteiger partial charge in [0.1, 0.15) is 0 Å². The molecule has 0 saturated heterocycles. The Kier molecular flexibility index (Phi) is 4.10. The molecule has 92 valence electrons. The molecule has 1 fully saturated rings. The van der Waals surface area contributed by atoms with Crippen molar-refractivity contribution in [3.05, 3.63) is 33.8 Å². The molecule has 1 saturated carbocycles. The number of carbonyl (C=O) groups excluding carboxylic acids is 1. The normalized spacial score (nSPS) is 14.8. The Morgan fingerprint density at radius 2 is 2.24 bits per heavy atom. The molecule has 0 radical (unpaired) electrons. The molecule has 0 unspecified atom stereocenters. The molecule has 1 aromatic rings. The Morgan fingerprint density at radius 1 is 1.53 bits per heavy atom. The molecule has 2 rings (SSSR count). The van der Waals surface area contributed by atoms with Gasteiger partial charge in [-0.05, 0) is 37.5 Å². The number of aryl methyl sites for hydroxylation is 1. The van der Waals surface area contributed by atoms with Crippen LogP contribution >= 0.6 is 27.5 Å². The van der Waals surface area contributed by atoms with Crippen molar-refractivity contribution in [2.75, 3.05) is 12.4 Å². The average Bonchev–Trinajstić information content (AvgIpc) is 3.13. The quantitative estimate of drug-likeness (QED) is 0.777. The first-order valence-electron chi connectivity index (χ1n) is 5.76. The first-order valence-corrected chi connectivity index (χ1v) is 7.09. The van der Waals surface area contributed by atoms with Crippen LogP contribution in [0, 0.1) is 6.92 Å². The van der Waals surface area contributed by atoms with Crippen LogP contribution in [0.2, 0.25) is 0 Å². The van der Waals surface area contributed by atoms with Gasteiger partial charge in [-0.1, -0.05) is 22.0 Å². The minimum absolute atomic E-state index is 0.0915. The largest absolute Gasteiger partial charge is 0.334 e. The van der Waals surface area contributed by atoms with Crippen molar-refractivity contribution in [1.29, 1.82) is 0 Å². The lowest BCUT2D eigenvalue weighted by atomic mass is 10.1. The summed E-state index contributed by atoms with van der Waals surface area (Å²) < 4.78 is 0.977. The van der Waals surface area contributed by atoms with Crippen LogP contribution in [0.4, 0.5) is 0 Å². The van der Waals surface area contributed by atoms with Gasteiger partial charge in [-0.2, -0.15) is 0 Å². The molecule has 1 amide bonds. The fraction of sp³-hybridized carbons (Fsp3) is 0.462. The van der Waals surface area contributed by atoms with Crippen LogP contribution in [0.5, 0.6) is 0 Å². The minimum atomic E-state index is 0.0915. The molecule has 0 aromatic heterocycles. The molecular formula is C13H15BrClNO. The van der Waals surface area contributed by atoms with Crippen LogP contribution in [0.1, 0.15) is 28.8 Å². The number of rotatable bonds is 4. The maximum Gasteiger partial charge on any atom is 0.254 e. The zero-order valence-electron chi connectivity index (χ0n) is 9.75. The molecule has 0 heterocycles. The highest BCUT2D eigenvalue weighted by Gasteiger charge is 2.32. The molecule has 1 aliphatic rings. The fourth-order valence-corrected chi connectivity index (χ4v) is 2.38. The average molecular weight is 317 g/mol. The molecule has 0 bridgehead atoms. The summed E-state index contributed by atoms with van der Waals surface area (Å²) in [5.74, 6) is 0.587. The van der Waals surface area contributed by atoms with Crippen molar-refractivity contribution in [1.82, 2.24) is 4.90 Å². The number of hydrogen-bond donors (Lipinski definition) is 0. The summed E-state index contributed by atoms with van der Waals surface area (Å²) in [6.45, 7) is 2.65. The van der Waals surface area contributed by atoms with Gasteiger partial charge in [0.2, 0.25) is 0 Å². The number of alkyl halides is 1. The molecule has 1 aliphatic carbocycles. The summed E-state index contributed by atoms with van der Waals surface area (Å²) >= 11 is 9.21. The van der Waals surface area contributed by atoms with E-state index in [1.807, 2.05) is 30.0 Å². The van der Waals surface area contributed by atoms with Gasteiger partial charge < -0.3 is 4.90 Å². The van der Waals surface area contributed by atoms with E-state index < -0.39 is 0 Å². The minimum Gasteiger partial charge on any atom is -0.334 e. The third-order valence-electron chi connectivity index (χ3n) is 2.99. The summed E-state index contributed by atoms with van der Waals surface area (Å²) in [7, 11) is 0. The Hall–Kier alpha value is -0.540.